The highest BCUT2D eigenvalue weighted by molar-refractivity contribution is 5.87. The van der Waals surface area contributed by atoms with E-state index in [0.717, 1.165) is 24.2 Å². The number of carbonyl (C=O) groups is 1. The number of epoxide rings is 1. The second-order valence-corrected chi connectivity index (χ2v) is 9.50. The topological polar surface area (TPSA) is 38.8 Å². The highest BCUT2D eigenvalue weighted by atomic mass is 16.6. The average molecular weight is 361 g/mol. The fourth-order valence-corrected chi connectivity index (χ4v) is 6.23. The summed E-state index contributed by atoms with van der Waals surface area (Å²) in [5, 5.41) is 0. The Morgan fingerprint density at radius 1 is 1.00 bits per heavy atom. The summed E-state index contributed by atoms with van der Waals surface area (Å²) < 4.78 is 11.5. The van der Waals surface area contributed by atoms with Gasteiger partial charge in [0.1, 0.15) is 6.10 Å². The third-order valence-corrected chi connectivity index (χ3v) is 7.68. The minimum atomic E-state index is -0.185. The highest BCUT2D eigenvalue weighted by Gasteiger charge is 2.44. The van der Waals surface area contributed by atoms with Crippen LogP contribution in [0.3, 0.4) is 0 Å². The van der Waals surface area contributed by atoms with E-state index in [1.165, 1.54) is 70.6 Å². The molecular formula is C23H36O3. The first kappa shape index (κ1) is 18.5. The van der Waals surface area contributed by atoms with Gasteiger partial charge in [0.25, 0.3) is 0 Å². The molecule has 0 aromatic heterocycles. The molecule has 4 rings (SSSR count). The van der Waals surface area contributed by atoms with Crippen LogP contribution in [0.15, 0.2) is 12.2 Å². The normalized spacial score (nSPS) is 41.7. The molecule has 4 fully saturated rings. The molecular weight excluding hydrogens is 324 g/mol. The Morgan fingerprint density at radius 2 is 1.81 bits per heavy atom. The van der Waals surface area contributed by atoms with Crippen molar-refractivity contribution in [2.75, 3.05) is 0 Å². The monoisotopic (exact) mass is 360 g/mol. The Balaban J connectivity index is 1.27. The molecule has 3 saturated carbocycles. The Kier molecular flexibility index (Phi) is 5.73. The zero-order chi connectivity index (χ0) is 18.1. The van der Waals surface area contributed by atoms with Crippen molar-refractivity contribution in [1.82, 2.24) is 0 Å². The van der Waals surface area contributed by atoms with Crippen LogP contribution >= 0.6 is 0 Å². The third kappa shape index (κ3) is 4.18. The summed E-state index contributed by atoms with van der Waals surface area (Å²) in [7, 11) is 0. The molecule has 3 nitrogen and oxygen atoms in total. The lowest BCUT2D eigenvalue weighted by Crippen LogP contribution is -2.41. The molecule has 26 heavy (non-hydrogen) atoms. The molecule has 1 aliphatic heterocycles. The van der Waals surface area contributed by atoms with Gasteiger partial charge in [-0.05, 0) is 75.5 Å². The van der Waals surface area contributed by atoms with E-state index in [-0.39, 0.29) is 12.1 Å². The Bertz CT molecular complexity index is 528. The molecule has 4 aliphatic rings. The molecule has 3 aliphatic carbocycles. The predicted molar refractivity (Wildman–Crippen MR) is 103 cm³/mol. The number of fused-ring (bicyclic) bond motifs is 2. The molecule has 0 spiro atoms. The van der Waals surface area contributed by atoms with Crippen molar-refractivity contribution in [2.24, 2.45) is 23.7 Å². The van der Waals surface area contributed by atoms with E-state index in [2.05, 4.69) is 6.58 Å². The van der Waals surface area contributed by atoms with Crippen molar-refractivity contribution in [3.63, 3.8) is 0 Å². The van der Waals surface area contributed by atoms with Crippen LogP contribution in [0.4, 0.5) is 0 Å². The number of rotatable bonds is 6. The molecule has 0 aromatic rings. The van der Waals surface area contributed by atoms with Gasteiger partial charge in [-0.2, -0.15) is 0 Å². The van der Waals surface area contributed by atoms with E-state index in [1.807, 2.05) is 0 Å². The average Bonchev–Trinajstić information content (AvgIpc) is 3.41. The lowest BCUT2D eigenvalue weighted by Gasteiger charge is -2.45. The van der Waals surface area contributed by atoms with E-state index in [0.29, 0.717) is 23.7 Å². The summed E-state index contributed by atoms with van der Waals surface area (Å²) in [5.74, 6) is 2.96. The van der Waals surface area contributed by atoms with Gasteiger partial charge >= 0.3 is 5.97 Å². The fraction of sp³-hybridized carbons (Fsp3) is 0.870. The molecule has 1 saturated heterocycles. The van der Waals surface area contributed by atoms with Crippen LogP contribution in [0.25, 0.3) is 0 Å². The van der Waals surface area contributed by atoms with Gasteiger partial charge in [-0.1, -0.05) is 38.7 Å². The van der Waals surface area contributed by atoms with Crippen molar-refractivity contribution in [1.29, 1.82) is 0 Å². The maximum Gasteiger partial charge on any atom is 0.333 e. The Hall–Kier alpha value is -0.830. The van der Waals surface area contributed by atoms with Crippen molar-refractivity contribution in [3.8, 4) is 0 Å². The van der Waals surface area contributed by atoms with Gasteiger partial charge in [0.15, 0.2) is 0 Å². The number of esters is 1. The minimum Gasteiger partial charge on any atom is -0.459 e. The van der Waals surface area contributed by atoms with Gasteiger partial charge in [0.2, 0.25) is 0 Å². The largest absolute Gasteiger partial charge is 0.459 e. The molecule has 7 unspecified atom stereocenters. The van der Waals surface area contributed by atoms with Crippen LogP contribution in [0.1, 0.15) is 84.0 Å². The first-order valence-electron chi connectivity index (χ1n) is 11.1. The molecule has 1 heterocycles. The van der Waals surface area contributed by atoms with E-state index < -0.39 is 0 Å². The third-order valence-electron chi connectivity index (χ3n) is 7.68. The molecule has 0 radical (unpaired) electrons. The number of carbonyl (C=O) groups excluding carboxylic acids is 1. The van der Waals surface area contributed by atoms with E-state index in [9.17, 15) is 4.79 Å². The van der Waals surface area contributed by atoms with Crippen LogP contribution in [-0.4, -0.2) is 24.3 Å². The van der Waals surface area contributed by atoms with Crippen molar-refractivity contribution in [2.45, 2.75) is 102 Å². The van der Waals surface area contributed by atoms with Crippen LogP contribution in [-0.2, 0) is 14.3 Å². The molecule has 3 heteroatoms. The summed E-state index contributed by atoms with van der Waals surface area (Å²) in [5.41, 5.74) is 0.536. The molecule has 7 atom stereocenters. The van der Waals surface area contributed by atoms with E-state index >= 15 is 0 Å². The highest BCUT2D eigenvalue weighted by Crippen LogP contribution is 2.47. The van der Waals surface area contributed by atoms with Crippen molar-refractivity contribution < 1.29 is 14.3 Å². The maximum atomic E-state index is 12.0. The van der Waals surface area contributed by atoms with Gasteiger partial charge < -0.3 is 9.47 Å². The minimum absolute atomic E-state index is 0.142. The van der Waals surface area contributed by atoms with Gasteiger partial charge in [0, 0.05) is 5.57 Å². The smallest absolute Gasteiger partial charge is 0.333 e. The second kappa shape index (κ2) is 8.04. The van der Waals surface area contributed by atoms with Gasteiger partial charge in [0.05, 0.1) is 12.2 Å². The number of hydrogen-bond acceptors (Lipinski definition) is 3. The standard InChI is InChI=1S/C23H36O3/c1-15(2)23(24)26-20-11-5-9-18-17(8-4-10-19(18)20)7-3-6-16-12-13-21-22(14-16)25-21/h16-22H,1,3-14H2,2H3. The molecule has 146 valence electrons. The molecule has 0 bridgehead atoms. The van der Waals surface area contributed by atoms with Crippen LogP contribution in [0, 0.1) is 23.7 Å². The van der Waals surface area contributed by atoms with E-state index in [4.69, 9.17) is 9.47 Å². The van der Waals surface area contributed by atoms with Gasteiger partial charge in [-0.25, -0.2) is 4.79 Å². The molecule has 0 amide bonds. The molecule has 0 N–H and O–H groups in total. The predicted octanol–water partition coefficient (Wildman–Crippen LogP) is 5.43. The summed E-state index contributed by atoms with van der Waals surface area (Å²) in [6.07, 6.45) is 17.1. The van der Waals surface area contributed by atoms with Crippen LogP contribution < -0.4 is 0 Å². The molecule has 0 aromatic carbocycles. The van der Waals surface area contributed by atoms with Gasteiger partial charge in [-0.15, -0.1) is 0 Å². The summed E-state index contributed by atoms with van der Waals surface area (Å²) in [4.78, 5) is 12.0. The SMILES string of the molecule is C=C(C)C(=O)OC1CCCC2C(CCCC3CCC4OC4C3)CCCC12. The lowest BCUT2D eigenvalue weighted by molar-refractivity contribution is -0.152. The first-order valence-corrected chi connectivity index (χ1v) is 11.1. The maximum absolute atomic E-state index is 12.0. The second-order valence-electron chi connectivity index (χ2n) is 9.50. The summed E-state index contributed by atoms with van der Waals surface area (Å²) >= 11 is 0. The number of ether oxygens (including phenoxy) is 2. The lowest BCUT2D eigenvalue weighted by atomic mass is 9.63. The zero-order valence-corrected chi connectivity index (χ0v) is 16.5. The van der Waals surface area contributed by atoms with Gasteiger partial charge in [-0.3, -0.25) is 0 Å². The Morgan fingerprint density at radius 3 is 2.62 bits per heavy atom. The quantitative estimate of drug-likeness (QED) is 0.360. The summed E-state index contributed by atoms with van der Waals surface area (Å²) in [6, 6.07) is 0. The fourth-order valence-electron chi connectivity index (χ4n) is 6.23. The first-order chi connectivity index (χ1) is 12.6. The van der Waals surface area contributed by atoms with Crippen molar-refractivity contribution >= 4 is 5.97 Å². The van der Waals surface area contributed by atoms with Crippen molar-refractivity contribution in [3.05, 3.63) is 12.2 Å². The number of hydrogen-bond donors (Lipinski definition) is 0. The van der Waals surface area contributed by atoms with Crippen LogP contribution in [0.5, 0.6) is 0 Å². The Labute approximate surface area is 158 Å². The van der Waals surface area contributed by atoms with E-state index in [1.54, 1.807) is 6.92 Å². The summed E-state index contributed by atoms with van der Waals surface area (Å²) in [6.45, 7) is 5.51. The zero-order valence-electron chi connectivity index (χ0n) is 16.5. The van der Waals surface area contributed by atoms with Crippen LogP contribution in [0.2, 0.25) is 0 Å².